The Kier molecular flexibility index (Phi) is 5.10. The lowest BCUT2D eigenvalue weighted by atomic mass is 10.2. The van der Waals surface area contributed by atoms with Gasteiger partial charge in [-0.15, -0.1) is 0 Å². The van der Waals surface area contributed by atoms with E-state index in [9.17, 15) is 8.42 Å². The van der Waals surface area contributed by atoms with Crippen LogP contribution in [0.2, 0.25) is 0 Å². The van der Waals surface area contributed by atoms with Crippen molar-refractivity contribution in [2.45, 2.75) is 38.6 Å². The normalized spacial score (nSPS) is 19.8. The summed E-state index contributed by atoms with van der Waals surface area (Å²) in [6.07, 6.45) is 2.98. The summed E-state index contributed by atoms with van der Waals surface area (Å²) in [5.41, 5.74) is 5.42. The van der Waals surface area contributed by atoms with Crippen molar-refractivity contribution in [1.82, 2.24) is 9.03 Å². The van der Waals surface area contributed by atoms with Crippen LogP contribution in [0.4, 0.5) is 0 Å². The van der Waals surface area contributed by atoms with Gasteiger partial charge in [0.25, 0.3) is 10.2 Å². The molecule has 1 fully saturated rings. The quantitative estimate of drug-likeness (QED) is 0.681. The second-order valence-corrected chi connectivity index (χ2v) is 6.23. The summed E-state index contributed by atoms with van der Waals surface area (Å²) < 4.78 is 28.0. The van der Waals surface area contributed by atoms with Gasteiger partial charge in [0.15, 0.2) is 0 Å². The number of hydrogen-bond acceptors (Lipinski definition) is 3. The second kappa shape index (κ2) is 5.90. The molecule has 1 rings (SSSR count). The van der Waals surface area contributed by atoms with Gasteiger partial charge in [-0.25, -0.2) is 0 Å². The fourth-order valence-corrected chi connectivity index (χ4v) is 3.49. The first kappa shape index (κ1) is 13.8. The fraction of sp³-hybridized carbons (Fsp3) is 0.889. The molecule has 5 nitrogen and oxygen atoms in total. The summed E-state index contributed by atoms with van der Waals surface area (Å²) in [5.74, 6) is 0. The van der Waals surface area contributed by atoms with Crippen LogP contribution in [-0.4, -0.2) is 36.8 Å². The topological polar surface area (TPSA) is 75.4 Å². The third-order valence-electron chi connectivity index (χ3n) is 2.66. The van der Waals surface area contributed by atoms with E-state index in [1.54, 1.807) is 0 Å². The maximum Gasteiger partial charge on any atom is 0.279 e. The van der Waals surface area contributed by atoms with Gasteiger partial charge in [-0.1, -0.05) is 19.1 Å². The molecule has 0 radical (unpaired) electrons. The zero-order valence-corrected chi connectivity index (χ0v) is 11.1. The first-order valence-electron chi connectivity index (χ1n) is 5.51. The molecule has 3 N–H and O–H groups in total. The zero-order valence-electron chi connectivity index (χ0n) is 9.48. The average molecular weight is 265 g/mol. The summed E-state index contributed by atoms with van der Waals surface area (Å²) in [6, 6.07) is -0.192. The molecule has 0 aromatic carbocycles. The first-order valence-corrected chi connectivity index (χ1v) is 7.36. The molecule has 94 valence electrons. The smallest absolute Gasteiger partial charge is 0.279 e. The molecule has 1 aliphatic rings. The van der Waals surface area contributed by atoms with E-state index in [2.05, 4.69) is 4.72 Å². The molecule has 16 heavy (non-hydrogen) atoms. The van der Waals surface area contributed by atoms with E-state index in [0.717, 1.165) is 12.8 Å². The highest BCUT2D eigenvalue weighted by Gasteiger charge is 2.27. The highest BCUT2D eigenvalue weighted by atomic mass is 32.2. The molecule has 0 aromatic heterocycles. The van der Waals surface area contributed by atoms with Gasteiger partial charge in [-0.2, -0.15) is 17.4 Å². The van der Waals surface area contributed by atoms with Gasteiger partial charge in [0, 0.05) is 25.6 Å². The Bertz CT molecular complexity index is 337. The van der Waals surface area contributed by atoms with Crippen LogP contribution in [-0.2, 0) is 10.2 Å². The van der Waals surface area contributed by atoms with Gasteiger partial charge >= 0.3 is 0 Å². The van der Waals surface area contributed by atoms with Gasteiger partial charge in [-0.3, -0.25) is 0 Å². The van der Waals surface area contributed by atoms with E-state index < -0.39 is 10.2 Å². The molecule has 1 unspecified atom stereocenters. The predicted molar refractivity (Wildman–Crippen MR) is 68.3 cm³/mol. The summed E-state index contributed by atoms with van der Waals surface area (Å²) in [4.78, 5) is 0.343. The van der Waals surface area contributed by atoms with Crippen LogP contribution in [0.3, 0.4) is 0 Å². The highest BCUT2D eigenvalue weighted by Crippen LogP contribution is 2.12. The number of nitrogens with two attached hydrogens (primary N) is 1. The Morgan fingerprint density at radius 2 is 2.06 bits per heavy atom. The Balaban J connectivity index is 2.58. The summed E-state index contributed by atoms with van der Waals surface area (Å²) in [7, 11) is -3.35. The van der Waals surface area contributed by atoms with Crippen molar-refractivity contribution < 1.29 is 8.42 Å². The molecule has 1 heterocycles. The Hall–Kier alpha value is -0.240. The van der Waals surface area contributed by atoms with Crippen LogP contribution in [0.5, 0.6) is 0 Å². The van der Waals surface area contributed by atoms with Crippen molar-refractivity contribution in [3.05, 3.63) is 0 Å². The van der Waals surface area contributed by atoms with E-state index in [0.29, 0.717) is 30.9 Å². The summed E-state index contributed by atoms with van der Waals surface area (Å²) in [6.45, 7) is 3.13. The molecule has 1 atom stereocenters. The van der Waals surface area contributed by atoms with Crippen LogP contribution in [0.25, 0.3) is 0 Å². The molecule has 1 saturated heterocycles. The molecular formula is C9H19N3O2S2. The van der Waals surface area contributed by atoms with Crippen LogP contribution in [0, 0.1) is 0 Å². The predicted octanol–water partition coefficient (Wildman–Crippen LogP) is 0.371. The van der Waals surface area contributed by atoms with Crippen molar-refractivity contribution in [2.75, 3.05) is 13.1 Å². The molecule has 0 amide bonds. The van der Waals surface area contributed by atoms with E-state index in [1.165, 1.54) is 4.31 Å². The van der Waals surface area contributed by atoms with Gasteiger partial charge in [0.2, 0.25) is 0 Å². The summed E-state index contributed by atoms with van der Waals surface area (Å²) in [5, 5.41) is 0. The molecule has 0 bridgehead atoms. The van der Waals surface area contributed by atoms with Crippen molar-refractivity contribution >= 4 is 27.4 Å². The Labute approximate surface area is 103 Å². The molecule has 0 saturated carbocycles. The van der Waals surface area contributed by atoms with Gasteiger partial charge in [0.05, 0.1) is 4.99 Å². The van der Waals surface area contributed by atoms with Crippen molar-refractivity contribution in [1.29, 1.82) is 0 Å². The molecular weight excluding hydrogens is 246 g/mol. The van der Waals surface area contributed by atoms with E-state index in [1.807, 2.05) is 6.92 Å². The van der Waals surface area contributed by atoms with Gasteiger partial charge < -0.3 is 5.73 Å². The second-order valence-electron chi connectivity index (χ2n) is 4.00. The lowest BCUT2D eigenvalue weighted by Crippen LogP contribution is -2.45. The van der Waals surface area contributed by atoms with Gasteiger partial charge in [-0.05, 0) is 19.3 Å². The Morgan fingerprint density at radius 3 is 2.50 bits per heavy atom. The first-order chi connectivity index (χ1) is 7.45. The van der Waals surface area contributed by atoms with E-state index in [4.69, 9.17) is 18.0 Å². The number of thiocarbonyl (C=S) groups is 1. The lowest BCUT2D eigenvalue weighted by molar-refractivity contribution is 0.450. The summed E-state index contributed by atoms with van der Waals surface area (Å²) >= 11 is 4.79. The van der Waals surface area contributed by atoms with E-state index >= 15 is 0 Å². The van der Waals surface area contributed by atoms with Crippen molar-refractivity contribution in [2.24, 2.45) is 5.73 Å². The minimum absolute atomic E-state index is 0.192. The third kappa shape index (κ3) is 3.97. The van der Waals surface area contributed by atoms with Crippen molar-refractivity contribution in [3.63, 3.8) is 0 Å². The largest absolute Gasteiger partial charge is 0.393 e. The number of rotatable bonds is 6. The minimum Gasteiger partial charge on any atom is -0.393 e. The monoisotopic (exact) mass is 265 g/mol. The maximum absolute atomic E-state index is 11.9. The highest BCUT2D eigenvalue weighted by molar-refractivity contribution is 7.87. The maximum atomic E-state index is 11.9. The third-order valence-corrected chi connectivity index (χ3v) is 4.50. The molecule has 1 aliphatic heterocycles. The zero-order chi connectivity index (χ0) is 12.2. The van der Waals surface area contributed by atoms with Crippen molar-refractivity contribution in [3.8, 4) is 0 Å². The lowest BCUT2D eigenvalue weighted by Gasteiger charge is -2.21. The standard InChI is InChI=1S/C9H19N3O2S2/c1-2-8(7-9(10)15)11-16(13,14)12-5-3-4-6-12/h8,11H,2-7H2,1H3,(H2,10,15). The molecule has 0 aliphatic carbocycles. The number of nitrogens with one attached hydrogen (secondary N) is 1. The van der Waals surface area contributed by atoms with Gasteiger partial charge in [0.1, 0.15) is 0 Å². The average Bonchev–Trinajstić information content (AvgIpc) is 2.68. The fourth-order valence-electron chi connectivity index (χ4n) is 1.73. The van der Waals surface area contributed by atoms with Crippen LogP contribution in [0.15, 0.2) is 0 Å². The van der Waals surface area contributed by atoms with E-state index in [-0.39, 0.29) is 6.04 Å². The minimum atomic E-state index is -3.35. The van der Waals surface area contributed by atoms with Crippen LogP contribution in [0.1, 0.15) is 32.6 Å². The number of nitrogens with zero attached hydrogens (tertiary/aromatic N) is 1. The SMILES string of the molecule is CCC(CC(N)=S)NS(=O)(=O)N1CCCC1. The molecule has 7 heteroatoms. The number of hydrogen-bond donors (Lipinski definition) is 2. The van der Waals surface area contributed by atoms with Crippen LogP contribution >= 0.6 is 12.2 Å². The van der Waals surface area contributed by atoms with Crippen LogP contribution < -0.4 is 10.5 Å². The molecule has 0 aromatic rings. The molecule has 0 spiro atoms. The Morgan fingerprint density at radius 1 is 1.50 bits per heavy atom.